The number of hydrogen-bond donors (Lipinski definition) is 0. The van der Waals surface area contributed by atoms with E-state index in [1.54, 1.807) is 0 Å². The first-order chi connectivity index (χ1) is 11.7. The fraction of sp³-hybridized carbons (Fsp3) is 0.762. The third-order valence-electron chi connectivity index (χ3n) is 6.72. The van der Waals surface area contributed by atoms with Crippen molar-refractivity contribution in [1.29, 1.82) is 0 Å². The highest BCUT2D eigenvalue weighted by Gasteiger charge is 2.30. The lowest BCUT2D eigenvalue weighted by atomic mass is 9.68. The summed E-state index contributed by atoms with van der Waals surface area (Å²) in [4.78, 5) is 3.49. The Labute approximate surface area is 145 Å². The first-order valence-corrected chi connectivity index (χ1v) is 9.95. The molecule has 24 heavy (non-hydrogen) atoms. The zero-order valence-corrected chi connectivity index (χ0v) is 14.9. The average molecular weight is 335 g/mol. The molecule has 0 saturated heterocycles. The Balaban J connectivity index is 1.40. The molecule has 2 aliphatic rings. The summed E-state index contributed by atoms with van der Waals surface area (Å²) in [5.41, 5.74) is 0.828. The minimum Gasteiger partial charge on any atom is -0.225 e. The van der Waals surface area contributed by atoms with Crippen LogP contribution in [0.3, 0.4) is 0 Å². The quantitative estimate of drug-likeness (QED) is 0.574. The fourth-order valence-corrected chi connectivity index (χ4v) is 4.98. The lowest BCUT2D eigenvalue weighted by Gasteiger charge is -2.37. The van der Waals surface area contributed by atoms with Crippen LogP contribution in [0, 0.1) is 35.4 Å². The largest absolute Gasteiger partial charge is 0.248 e. The van der Waals surface area contributed by atoms with E-state index in [1.807, 2.05) is 0 Å². The minimum atomic E-state index is -0.989. The molecule has 2 saturated carbocycles. The molecule has 0 aliphatic heterocycles. The first-order valence-electron chi connectivity index (χ1n) is 9.95. The maximum absolute atomic E-state index is 13.2. The Kier molecular flexibility index (Phi) is 6.24. The van der Waals surface area contributed by atoms with Crippen molar-refractivity contribution in [2.24, 2.45) is 23.7 Å². The number of aromatic nitrogens is 1. The van der Waals surface area contributed by atoms with E-state index in [9.17, 15) is 8.78 Å². The van der Waals surface area contributed by atoms with Crippen molar-refractivity contribution in [3.05, 3.63) is 29.6 Å². The van der Waals surface area contributed by atoms with E-state index >= 15 is 0 Å². The van der Waals surface area contributed by atoms with Crippen molar-refractivity contribution in [3.8, 4) is 0 Å². The van der Waals surface area contributed by atoms with Gasteiger partial charge in [-0.05, 0) is 73.8 Å². The van der Waals surface area contributed by atoms with Crippen molar-refractivity contribution in [1.82, 2.24) is 4.98 Å². The molecule has 3 heteroatoms. The smallest absolute Gasteiger partial charge is 0.225 e. The van der Waals surface area contributed by atoms with Gasteiger partial charge in [-0.1, -0.05) is 39.0 Å². The number of halogens is 2. The van der Waals surface area contributed by atoms with Crippen LogP contribution in [0.2, 0.25) is 0 Å². The Morgan fingerprint density at radius 3 is 2.04 bits per heavy atom. The summed E-state index contributed by atoms with van der Waals surface area (Å²) in [6, 6.07) is 1.31. The summed E-state index contributed by atoms with van der Waals surface area (Å²) >= 11 is 0. The van der Waals surface area contributed by atoms with Gasteiger partial charge in [-0.25, -0.2) is 9.37 Å². The lowest BCUT2D eigenvalue weighted by molar-refractivity contribution is 0.142. The van der Waals surface area contributed by atoms with Gasteiger partial charge in [0.25, 0.3) is 0 Å². The van der Waals surface area contributed by atoms with Gasteiger partial charge in [0.2, 0.25) is 5.95 Å². The van der Waals surface area contributed by atoms with Gasteiger partial charge in [-0.2, -0.15) is 4.39 Å². The van der Waals surface area contributed by atoms with Gasteiger partial charge in [0.1, 0.15) is 0 Å². The average Bonchev–Trinajstić information content (AvgIpc) is 2.63. The van der Waals surface area contributed by atoms with Crippen LogP contribution < -0.4 is 0 Å². The minimum absolute atomic E-state index is 0.751. The third kappa shape index (κ3) is 4.55. The number of hydrogen-bond acceptors (Lipinski definition) is 1. The fourth-order valence-electron chi connectivity index (χ4n) is 4.98. The number of aryl methyl sites for hydroxylation is 1. The molecule has 0 unspecified atom stereocenters. The molecule has 0 N–H and O–H groups in total. The number of rotatable bonds is 5. The van der Waals surface area contributed by atoms with Crippen molar-refractivity contribution in [2.75, 3.05) is 0 Å². The van der Waals surface area contributed by atoms with Crippen molar-refractivity contribution < 1.29 is 8.78 Å². The Bertz CT molecular complexity index is 515. The van der Waals surface area contributed by atoms with Gasteiger partial charge in [0.15, 0.2) is 5.82 Å². The zero-order chi connectivity index (χ0) is 16.9. The maximum atomic E-state index is 13.2. The number of pyridine rings is 1. The van der Waals surface area contributed by atoms with E-state index in [0.29, 0.717) is 0 Å². The molecule has 2 aliphatic carbocycles. The van der Waals surface area contributed by atoms with Crippen molar-refractivity contribution >= 4 is 0 Å². The second-order valence-electron chi connectivity index (χ2n) is 8.12. The molecule has 0 aromatic carbocycles. The molecule has 3 rings (SSSR count). The van der Waals surface area contributed by atoms with Crippen LogP contribution >= 0.6 is 0 Å². The van der Waals surface area contributed by atoms with Gasteiger partial charge < -0.3 is 0 Å². The van der Waals surface area contributed by atoms with Gasteiger partial charge in [-0.15, -0.1) is 0 Å². The van der Waals surface area contributed by atoms with E-state index in [1.165, 1.54) is 70.1 Å². The predicted molar refractivity (Wildman–Crippen MR) is 93.7 cm³/mol. The molecule has 0 radical (unpaired) electrons. The van der Waals surface area contributed by atoms with Crippen LogP contribution in [0.5, 0.6) is 0 Å². The van der Waals surface area contributed by atoms with Crippen LogP contribution in [0.1, 0.15) is 76.7 Å². The topological polar surface area (TPSA) is 12.9 Å². The van der Waals surface area contributed by atoms with E-state index in [4.69, 9.17) is 0 Å². The zero-order valence-electron chi connectivity index (χ0n) is 14.9. The first kappa shape index (κ1) is 17.8. The predicted octanol–water partition coefficient (Wildman–Crippen LogP) is 6.32. The van der Waals surface area contributed by atoms with Gasteiger partial charge in [0.05, 0.1) is 0 Å². The normalized spacial score (nSPS) is 31.1. The molecule has 1 aromatic rings. The van der Waals surface area contributed by atoms with Crippen LogP contribution in [-0.2, 0) is 6.42 Å². The monoisotopic (exact) mass is 335 g/mol. The summed E-state index contributed by atoms with van der Waals surface area (Å²) in [7, 11) is 0. The van der Waals surface area contributed by atoms with Gasteiger partial charge in [0, 0.05) is 6.20 Å². The molecule has 0 spiro atoms. The Hall–Kier alpha value is -0.990. The second kappa shape index (κ2) is 8.40. The molecule has 1 nitrogen and oxygen atoms in total. The second-order valence-corrected chi connectivity index (χ2v) is 8.12. The van der Waals surface area contributed by atoms with E-state index in [0.717, 1.165) is 42.1 Å². The van der Waals surface area contributed by atoms with Crippen molar-refractivity contribution in [2.45, 2.75) is 77.6 Å². The summed E-state index contributed by atoms with van der Waals surface area (Å²) < 4.78 is 26.1. The van der Waals surface area contributed by atoms with Crippen LogP contribution in [0.4, 0.5) is 8.78 Å². The molecule has 1 heterocycles. The molecular weight excluding hydrogens is 304 g/mol. The summed E-state index contributed by atoms with van der Waals surface area (Å²) in [5.74, 6) is 1.85. The lowest BCUT2D eigenvalue weighted by Crippen LogP contribution is -2.25. The molecule has 0 bridgehead atoms. The third-order valence-corrected chi connectivity index (χ3v) is 6.72. The molecule has 0 atom stereocenters. The Morgan fingerprint density at radius 1 is 0.917 bits per heavy atom. The van der Waals surface area contributed by atoms with Crippen molar-refractivity contribution in [3.63, 3.8) is 0 Å². The summed E-state index contributed by atoms with van der Waals surface area (Å²) in [6.07, 6.45) is 15.9. The number of nitrogens with zero attached hydrogens (tertiary/aromatic N) is 1. The summed E-state index contributed by atoms with van der Waals surface area (Å²) in [5, 5.41) is 0. The molecule has 1 aromatic heterocycles. The van der Waals surface area contributed by atoms with Gasteiger partial charge >= 0.3 is 0 Å². The van der Waals surface area contributed by atoms with Crippen LogP contribution in [-0.4, -0.2) is 4.98 Å². The standard InChI is InChI=1S/C21H31F2N/c1-2-15-5-9-18(10-6-15)19-11-7-16(8-12-19)3-4-17-13-20(22)21(23)24-14-17/h13-16,18-19H,2-12H2,1H3/t15-,16?,18-,19?. The maximum Gasteiger partial charge on any atom is 0.248 e. The van der Waals surface area contributed by atoms with Gasteiger partial charge in [-0.3, -0.25) is 0 Å². The van der Waals surface area contributed by atoms with E-state index in [2.05, 4.69) is 11.9 Å². The molecule has 2 fully saturated rings. The molecular formula is C21H31F2N. The highest BCUT2D eigenvalue weighted by atomic mass is 19.2. The Morgan fingerprint density at radius 2 is 1.50 bits per heavy atom. The molecule has 134 valence electrons. The highest BCUT2D eigenvalue weighted by molar-refractivity contribution is 5.11. The highest BCUT2D eigenvalue weighted by Crippen LogP contribution is 2.42. The van der Waals surface area contributed by atoms with E-state index < -0.39 is 11.8 Å². The van der Waals surface area contributed by atoms with Crippen LogP contribution in [0.15, 0.2) is 12.3 Å². The van der Waals surface area contributed by atoms with Crippen LogP contribution in [0.25, 0.3) is 0 Å². The van der Waals surface area contributed by atoms with E-state index in [-0.39, 0.29) is 0 Å². The summed E-state index contributed by atoms with van der Waals surface area (Å²) in [6.45, 7) is 2.33. The SMILES string of the molecule is CC[C@H]1CC[C@H](C2CCC(CCc3cnc(F)c(F)c3)CC2)CC1. The molecule has 0 amide bonds.